The van der Waals surface area contributed by atoms with Gasteiger partial charge in [-0.05, 0) is 32.9 Å². The van der Waals surface area contributed by atoms with Gasteiger partial charge in [0.2, 0.25) is 0 Å². The zero-order valence-corrected chi connectivity index (χ0v) is 10.6. The summed E-state index contributed by atoms with van der Waals surface area (Å²) in [5.74, 6) is 0. The summed E-state index contributed by atoms with van der Waals surface area (Å²) in [5, 5.41) is 0.992. The summed E-state index contributed by atoms with van der Waals surface area (Å²) in [6.07, 6.45) is 3.40. The van der Waals surface area contributed by atoms with Crippen molar-refractivity contribution < 1.29 is 0 Å². The quantitative estimate of drug-likeness (QED) is 0.656. The molecule has 0 fully saturated rings. The monoisotopic (exact) mass is 242 g/mol. The van der Waals surface area contributed by atoms with Crippen molar-refractivity contribution in [2.24, 2.45) is 0 Å². The van der Waals surface area contributed by atoms with Crippen LogP contribution in [0.1, 0.15) is 20.8 Å². The molecule has 0 aliphatic heterocycles. The molecule has 5 nitrogen and oxygen atoms in total. The largest absolute Gasteiger partial charge is 0.346 e. The first-order valence-electron chi connectivity index (χ1n) is 5.83. The van der Waals surface area contributed by atoms with Gasteiger partial charge in [-0.15, -0.1) is 0 Å². The van der Waals surface area contributed by atoms with Gasteiger partial charge in [0.05, 0.1) is 11.8 Å². The van der Waals surface area contributed by atoms with Crippen LogP contribution in [0.5, 0.6) is 0 Å². The Balaban J connectivity index is 2.53. The maximum atomic E-state index is 11.8. The third-order valence-corrected chi connectivity index (χ3v) is 2.99. The van der Waals surface area contributed by atoms with E-state index in [1.54, 1.807) is 6.33 Å². The average Bonchev–Trinajstić information content (AvgIpc) is 2.72. The fourth-order valence-corrected chi connectivity index (χ4v) is 2.08. The molecule has 0 saturated carbocycles. The van der Waals surface area contributed by atoms with Crippen molar-refractivity contribution in [1.82, 2.24) is 19.5 Å². The van der Waals surface area contributed by atoms with Crippen LogP contribution in [0.4, 0.5) is 0 Å². The molecule has 0 bridgehead atoms. The minimum Gasteiger partial charge on any atom is -0.346 e. The molecule has 0 saturated heterocycles. The maximum absolute atomic E-state index is 11.8. The van der Waals surface area contributed by atoms with Gasteiger partial charge < -0.3 is 9.55 Å². The van der Waals surface area contributed by atoms with E-state index in [9.17, 15) is 4.79 Å². The molecule has 3 aromatic rings. The standard InChI is InChI=1S/C13H14N4O/c1-13(2,3)17-7-15-12(18)10-9(17)6-8-4-5-14-11(8)16-10/h4-7H,1-3H3,(H,14,16). The van der Waals surface area contributed by atoms with E-state index in [0.717, 1.165) is 10.9 Å². The van der Waals surface area contributed by atoms with Crippen molar-refractivity contribution in [3.63, 3.8) is 0 Å². The topological polar surface area (TPSA) is 63.6 Å². The van der Waals surface area contributed by atoms with Crippen LogP contribution in [0.25, 0.3) is 22.1 Å². The number of aromatic nitrogens is 4. The molecular formula is C13H14N4O. The van der Waals surface area contributed by atoms with Crippen molar-refractivity contribution in [2.45, 2.75) is 26.3 Å². The molecule has 92 valence electrons. The lowest BCUT2D eigenvalue weighted by Gasteiger charge is -2.24. The second kappa shape index (κ2) is 3.41. The minimum absolute atomic E-state index is 0.148. The number of aromatic amines is 1. The lowest BCUT2D eigenvalue weighted by molar-refractivity contribution is 0.403. The van der Waals surface area contributed by atoms with E-state index in [4.69, 9.17) is 0 Å². The second-order valence-electron chi connectivity index (χ2n) is 5.36. The predicted octanol–water partition coefficient (Wildman–Crippen LogP) is 2.03. The zero-order valence-electron chi connectivity index (χ0n) is 10.6. The van der Waals surface area contributed by atoms with Gasteiger partial charge >= 0.3 is 0 Å². The fourth-order valence-electron chi connectivity index (χ4n) is 2.08. The number of hydrogen-bond donors (Lipinski definition) is 1. The van der Waals surface area contributed by atoms with E-state index in [0.29, 0.717) is 11.2 Å². The van der Waals surface area contributed by atoms with Crippen LogP contribution in [0.2, 0.25) is 0 Å². The molecule has 3 aromatic heterocycles. The SMILES string of the molecule is CC(C)(C)n1cnc(=O)c2nc3[nH]ccc3cc21. The smallest absolute Gasteiger partial charge is 0.299 e. The molecule has 0 radical (unpaired) electrons. The highest BCUT2D eigenvalue weighted by atomic mass is 16.1. The first-order valence-corrected chi connectivity index (χ1v) is 5.83. The Morgan fingerprint density at radius 3 is 2.83 bits per heavy atom. The molecular weight excluding hydrogens is 228 g/mol. The zero-order chi connectivity index (χ0) is 12.9. The third-order valence-electron chi connectivity index (χ3n) is 2.99. The molecule has 0 atom stereocenters. The Morgan fingerprint density at radius 2 is 2.11 bits per heavy atom. The molecule has 5 heteroatoms. The van der Waals surface area contributed by atoms with E-state index in [2.05, 4.69) is 35.7 Å². The van der Waals surface area contributed by atoms with Crippen LogP contribution in [-0.4, -0.2) is 19.5 Å². The molecule has 3 rings (SSSR count). The van der Waals surface area contributed by atoms with E-state index < -0.39 is 0 Å². The molecule has 18 heavy (non-hydrogen) atoms. The van der Waals surface area contributed by atoms with Crippen LogP contribution < -0.4 is 5.56 Å². The molecule has 1 N–H and O–H groups in total. The molecule has 0 aliphatic carbocycles. The van der Waals surface area contributed by atoms with Gasteiger partial charge in [0.25, 0.3) is 5.56 Å². The maximum Gasteiger partial charge on any atom is 0.299 e. The Bertz CT molecular complexity index is 792. The molecule has 3 heterocycles. The molecule has 0 unspecified atom stereocenters. The molecule has 0 aromatic carbocycles. The summed E-state index contributed by atoms with van der Waals surface area (Å²) in [4.78, 5) is 23.1. The predicted molar refractivity (Wildman–Crippen MR) is 70.7 cm³/mol. The van der Waals surface area contributed by atoms with Crippen molar-refractivity contribution >= 4 is 22.1 Å². The van der Waals surface area contributed by atoms with Gasteiger partial charge in [0.15, 0.2) is 5.52 Å². The summed E-state index contributed by atoms with van der Waals surface area (Å²) in [6, 6.07) is 3.92. The Morgan fingerprint density at radius 1 is 1.33 bits per heavy atom. The van der Waals surface area contributed by atoms with E-state index >= 15 is 0 Å². The van der Waals surface area contributed by atoms with Gasteiger partial charge in [-0.2, -0.15) is 4.98 Å². The number of rotatable bonds is 0. The summed E-state index contributed by atoms with van der Waals surface area (Å²) in [5.41, 5.74) is 1.50. The van der Waals surface area contributed by atoms with Gasteiger partial charge in [0, 0.05) is 17.1 Å². The number of nitrogens with one attached hydrogen (secondary N) is 1. The second-order valence-corrected chi connectivity index (χ2v) is 5.36. The van der Waals surface area contributed by atoms with Crippen LogP contribution in [-0.2, 0) is 5.54 Å². The fraction of sp³-hybridized carbons (Fsp3) is 0.308. The lowest BCUT2D eigenvalue weighted by atomic mass is 10.1. The van der Waals surface area contributed by atoms with Crippen molar-refractivity contribution in [2.75, 3.05) is 0 Å². The lowest BCUT2D eigenvalue weighted by Crippen LogP contribution is -2.26. The number of H-pyrrole nitrogens is 1. The van der Waals surface area contributed by atoms with Crippen molar-refractivity contribution in [3.05, 3.63) is 35.0 Å². The van der Waals surface area contributed by atoms with Gasteiger partial charge in [-0.3, -0.25) is 4.79 Å². The van der Waals surface area contributed by atoms with Crippen molar-refractivity contribution in [3.8, 4) is 0 Å². The molecule has 0 aliphatic rings. The van der Waals surface area contributed by atoms with Crippen LogP contribution >= 0.6 is 0 Å². The first kappa shape index (κ1) is 11.0. The first-order chi connectivity index (χ1) is 8.47. The number of fused-ring (bicyclic) bond motifs is 2. The highest BCUT2D eigenvalue weighted by Gasteiger charge is 2.17. The minimum atomic E-state index is -0.290. The van der Waals surface area contributed by atoms with Crippen LogP contribution in [0.3, 0.4) is 0 Å². The Kier molecular flexibility index (Phi) is 2.08. The number of nitrogens with zero attached hydrogens (tertiary/aromatic N) is 3. The van der Waals surface area contributed by atoms with E-state index in [1.165, 1.54) is 0 Å². The Hall–Kier alpha value is -2.17. The number of pyridine rings is 1. The van der Waals surface area contributed by atoms with E-state index in [-0.39, 0.29) is 11.1 Å². The summed E-state index contributed by atoms with van der Waals surface area (Å²) in [7, 11) is 0. The number of hydrogen-bond acceptors (Lipinski definition) is 3. The van der Waals surface area contributed by atoms with Crippen molar-refractivity contribution in [1.29, 1.82) is 0 Å². The average molecular weight is 242 g/mol. The summed E-state index contributed by atoms with van der Waals surface area (Å²) < 4.78 is 1.98. The normalized spacial score (nSPS) is 12.4. The summed E-state index contributed by atoms with van der Waals surface area (Å²) in [6.45, 7) is 6.21. The third kappa shape index (κ3) is 1.51. The molecule has 0 spiro atoms. The van der Waals surface area contributed by atoms with Gasteiger partial charge in [0.1, 0.15) is 5.65 Å². The van der Waals surface area contributed by atoms with Gasteiger partial charge in [-0.1, -0.05) is 0 Å². The van der Waals surface area contributed by atoms with E-state index in [1.807, 2.05) is 22.9 Å². The summed E-state index contributed by atoms with van der Waals surface area (Å²) >= 11 is 0. The Labute approximate surface area is 103 Å². The highest BCUT2D eigenvalue weighted by Crippen LogP contribution is 2.21. The van der Waals surface area contributed by atoms with Gasteiger partial charge in [-0.25, -0.2) is 4.98 Å². The highest BCUT2D eigenvalue weighted by molar-refractivity contribution is 5.88. The van der Waals surface area contributed by atoms with Crippen LogP contribution in [0, 0.1) is 0 Å². The van der Waals surface area contributed by atoms with Crippen LogP contribution in [0.15, 0.2) is 29.5 Å². The molecule has 0 amide bonds.